The van der Waals surface area contributed by atoms with E-state index in [0.717, 1.165) is 73.1 Å². The normalized spacial score (nSPS) is 14.7. The number of hydrogen-bond acceptors (Lipinski definition) is 4. The number of nitrogens with one attached hydrogen (secondary N) is 3. The summed E-state index contributed by atoms with van der Waals surface area (Å²) in [5.74, 6) is -0.00802. The molecule has 7 nitrogen and oxygen atoms in total. The summed E-state index contributed by atoms with van der Waals surface area (Å²) in [6.07, 6.45) is 2.02. The Morgan fingerprint density at radius 1 is 0.879 bits per heavy atom. The molecule has 4 aromatic rings. The van der Waals surface area contributed by atoms with E-state index in [-0.39, 0.29) is 11.6 Å². The van der Waals surface area contributed by atoms with Crippen molar-refractivity contribution in [3.8, 4) is 0 Å². The molecular weight excluding hydrogens is 414 g/mol. The molecule has 1 aliphatic rings. The van der Waals surface area contributed by atoms with Crippen molar-refractivity contribution in [1.82, 2.24) is 20.2 Å². The first kappa shape index (κ1) is 21.3. The topological polar surface area (TPSA) is 84.2 Å². The van der Waals surface area contributed by atoms with Gasteiger partial charge in [0.1, 0.15) is 0 Å². The Balaban J connectivity index is 1.05. The Kier molecular flexibility index (Phi) is 6.13. The number of imidazole rings is 1. The lowest BCUT2D eigenvalue weighted by Crippen LogP contribution is -2.46. The molecule has 1 fully saturated rings. The Labute approximate surface area is 192 Å². The molecule has 0 bridgehead atoms. The van der Waals surface area contributed by atoms with Gasteiger partial charge < -0.3 is 20.2 Å². The molecule has 0 spiro atoms. The van der Waals surface area contributed by atoms with Crippen LogP contribution in [0, 0.1) is 0 Å². The standard InChI is InChI=1S/C26H29N5O2/c32-25(21-11-10-19-6-1-2-7-20(19)18-21)27-12-3-4-13-30-14-16-31(17-15-30)23-9-5-8-22-24(23)29-26(33)28-22/h1-2,5-11,18H,3-4,12-17H2,(H,27,32)(H2,28,29,33). The molecule has 0 atom stereocenters. The van der Waals surface area contributed by atoms with Crippen molar-refractivity contribution in [2.75, 3.05) is 44.2 Å². The van der Waals surface area contributed by atoms with Gasteiger partial charge in [0.25, 0.3) is 5.91 Å². The number of piperazine rings is 1. The largest absolute Gasteiger partial charge is 0.367 e. The van der Waals surface area contributed by atoms with E-state index < -0.39 is 0 Å². The molecule has 1 aromatic heterocycles. The number of nitrogens with zero attached hydrogens (tertiary/aromatic N) is 2. The van der Waals surface area contributed by atoms with Gasteiger partial charge in [-0.3, -0.25) is 9.69 Å². The minimum Gasteiger partial charge on any atom is -0.367 e. The molecule has 170 valence electrons. The molecular formula is C26H29N5O2. The van der Waals surface area contributed by atoms with Crippen molar-refractivity contribution in [3.05, 3.63) is 76.7 Å². The predicted molar refractivity (Wildman–Crippen MR) is 133 cm³/mol. The Morgan fingerprint density at radius 3 is 2.55 bits per heavy atom. The molecule has 7 heteroatoms. The third kappa shape index (κ3) is 4.78. The van der Waals surface area contributed by atoms with Gasteiger partial charge in [0.05, 0.1) is 16.7 Å². The van der Waals surface area contributed by atoms with Crippen LogP contribution < -0.4 is 15.9 Å². The third-order valence-electron chi connectivity index (χ3n) is 6.44. The number of unbranched alkanes of at least 4 members (excludes halogenated alkanes) is 1. The van der Waals surface area contributed by atoms with Crippen LogP contribution in [0.25, 0.3) is 21.8 Å². The molecule has 33 heavy (non-hydrogen) atoms. The summed E-state index contributed by atoms with van der Waals surface area (Å²) in [7, 11) is 0. The first-order valence-corrected chi connectivity index (χ1v) is 11.6. The van der Waals surface area contributed by atoms with Crippen LogP contribution in [0.4, 0.5) is 5.69 Å². The van der Waals surface area contributed by atoms with E-state index in [9.17, 15) is 9.59 Å². The fourth-order valence-electron chi connectivity index (χ4n) is 4.61. The number of hydrogen-bond donors (Lipinski definition) is 3. The number of aromatic nitrogens is 2. The minimum atomic E-state index is -0.163. The van der Waals surface area contributed by atoms with E-state index in [2.05, 4.69) is 37.2 Å². The Bertz CT molecular complexity index is 1320. The lowest BCUT2D eigenvalue weighted by atomic mass is 10.1. The molecule has 1 amide bonds. The van der Waals surface area contributed by atoms with Crippen LogP contribution in [0.15, 0.2) is 65.5 Å². The van der Waals surface area contributed by atoms with Gasteiger partial charge in [0.2, 0.25) is 0 Å². The maximum Gasteiger partial charge on any atom is 0.323 e. The number of carbonyl (C=O) groups excluding carboxylic acids is 1. The van der Waals surface area contributed by atoms with Crippen molar-refractivity contribution in [2.24, 2.45) is 0 Å². The SMILES string of the molecule is O=C(NCCCCN1CCN(c2cccc3[nH]c(=O)[nH]c23)CC1)c1ccc2ccccc2c1. The number of fused-ring (bicyclic) bond motifs is 2. The first-order chi connectivity index (χ1) is 16.2. The number of anilines is 1. The van der Waals surface area contributed by atoms with E-state index in [1.807, 2.05) is 48.5 Å². The number of aromatic amines is 2. The smallest absolute Gasteiger partial charge is 0.323 e. The van der Waals surface area contributed by atoms with Gasteiger partial charge in [0, 0.05) is 38.3 Å². The summed E-state index contributed by atoms with van der Waals surface area (Å²) in [5, 5.41) is 5.28. The summed E-state index contributed by atoms with van der Waals surface area (Å²) < 4.78 is 0. The van der Waals surface area contributed by atoms with Crippen molar-refractivity contribution < 1.29 is 4.79 Å². The molecule has 2 heterocycles. The lowest BCUT2D eigenvalue weighted by Gasteiger charge is -2.36. The van der Waals surface area contributed by atoms with Crippen LogP contribution in [-0.4, -0.2) is 60.0 Å². The number of benzene rings is 3. The summed E-state index contributed by atoms with van der Waals surface area (Å²) >= 11 is 0. The molecule has 1 aliphatic heterocycles. The lowest BCUT2D eigenvalue weighted by molar-refractivity contribution is 0.0952. The average molecular weight is 444 g/mol. The Hall–Kier alpha value is -3.58. The van der Waals surface area contributed by atoms with E-state index in [1.165, 1.54) is 0 Å². The molecule has 0 saturated carbocycles. The monoisotopic (exact) mass is 443 g/mol. The van der Waals surface area contributed by atoms with E-state index in [0.29, 0.717) is 12.1 Å². The van der Waals surface area contributed by atoms with Crippen molar-refractivity contribution in [2.45, 2.75) is 12.8 Å². The van der Waals surface area contributed by atoms with Crippen LogP contribution in [0.1, 0.15) is 23.2 Å². The van der Waals surface area contributed by atoms with Gasteiger partial charge in [-0.15, -0.1) is 0 Å². The summed E-state index contributed by atoms with van der Waals surface area (Å²) in [5.41, 5.74) is 3.37. The summed E-state index contributed by atoms with van der Waals surface area (Å²) in [6.45, 7) is 5.58. The average Bonchev–Trinajstić information content (AvgIpc) is 3.24. The zero-order valence-corrected chi connectivity index (χ0v) is 18.6. The fraction of sp³-hybridized carbons (Fsp3) is 0.308. The molecule has 0 unspecified atom stereocenters. The van der Waals surface area contributed by atoms with Crippen molar-refractivity contribution >= 4 is 33.4 Å². The number of carbonyl (C=O) groups is 1. The van der Waals surface area contributed by atoms with Crippen molar-refractivity contribution in [1.29, 1.82) is 0 Å². The highest BCUT2D eigenvalue weighted by Gasteiger charge is 2.19. The third-order valence-corrected chi connectivity index (χ3v) is 6.44. The van der Waals surface area contributed by atoms with Gasteiger partial charge in [0.15, 0.2) is 0 Å². The highest BCUT2D eigenvalue weighted by atomic mass is 16.1. The molecule has 3 aromatic carbocycles. The summed E-state index contributed by atoms with van der Waals surface area (Å²) in [4.78, 5) is 34.7. The maximum atomic E-state index is 12.5. The van der Waals surface area contributed by atoms with Gasteiger partial charge in [-0.25, -0.2) is 4.79 Å². The zero-order chi connectivity index (χ0) is 22.6. The minimum absolute atomic E-state index is 0.00802. The van der Waals surface area contributed by atoms with Crippen LogP contribution in [0.5, 0.6) is 0 Å². The Morgan fingerprint density at radius 2 is 1.70 bits per heavy atom. The van der Waals surface area contributed by atoms with Crippen molar-refractivity contribution in [3.63, 3.8) is 0 Å². The number of para-hydroxylation sites is 1. The second-order valence-electron chi connectivity index (χ2n) is 8.63. The predicted octanol–water partition coefficient (Wildman–Crippen LogP) is 3.34. The van der Waals surface area contributed by atoms with Gasteiger partial charge in [-0.2, -0.15) is 0 Å². The fourth-order valence-corrected chi connectivity index (χ4v) is 4.61. The molecule has 3 N–H and O–H groups in total. The van der Waals surface area contributed by atoms with E-state index >= 15 is 0 Å². The number of amides is 1. The van der Waals surface area contributed by atoms with Gasteiger partial charge in [-0.1, -0.05) is 36.4 Å². The van der Waals surface area contributed by atoms with Crippen LogP contribution in [-0.2, 0) is 0 Å². The van der Waals surface area contributed by atoms with Gasteiger partial charge in [-0.05, 0) is 54.4 Å². The number of rotatable bonds is 7. The van der Waals surface area contributed by atoms with Crippen LogP contribution >= 0.6 is 0 Å². The zero-order valence-electron chi connectivity index (χ0n) is 18.6. The second-order valence-corrected chi connectivity index (χ2v) is 8.63. The van der Waals surface area contributed by atoms with Crippen LogP contribution in [0.2, 0.25) is 0 Å². The maximum absolute atomic E-state index is 12.5. The highest BCUT2D eigenvalue weighted by Crippen LogP contribution is 2.24. The molecule has 1 saturated heterocycles. The van der Waals surface area contributed by atoms with Gasteiger partial charge >= 0.3 is 5.69 Å². The second kappa shape index (κ2) is 9.50. The molecule has 0 radical (unpaired) electrons. The highest BCUT2D eigenvalue weighted by molar-refractivity contribution is 5.98. The van der Waals surface area contributed by atoms with E-state index in [1.54, 1.807) is 0 Å². The first-order valence-electron chi connectivity index (χ1n) is 11.6. The molecule has 5 rings (SSSR count). The number of H-pyrrole nitrogens is 2. The van der Waals surface area contributed by atoms with E-state index in [4.69, 9.17) is 0 Å². The van der Waals surface area contributed by atoms with Crippen LogP contribution in [0.3, 0.4) is 0 Å². The molecule has 0 aliphatic carbocycles. The quantitative estimate of drug-likeness (QED) is 0.383. The summed E-state index contributed by atoms with van der Waals surface area (Å²) in [6, 6.07) is 19.9.